The van der Waals surface area contributed by atoms with E-state index in [9.17, 15) is 9.59 Å². The zero-order chi connectivity index (χ0) is 23.9. The number of amides is 1. The molecule has 3 aromatic heterocycles. The van der Waals surface area contributed by atoms with Gasteiger partial charge in [0.1, 0.15) is 5.82 Å². The van der Waals surface area contributed by atoms with Gasteiger partial charge in [0.2, 0.25) is 0 Å². The van der Waals surface area contributed by atoms with Gasteiger partial charge in [-0.05, 0) is 66.8 Å². The lowest BCUT2D eigenvalue weighted by atomic mass is 9.96. The SMILES string of the molecule is Cc1cc(C)c(CNC(=O)c2cc(-c3ccc(N)nc3)cc3c(C(C)C)cn(C)c23)c(=O)[nH]1. The molecule has 4 aromatic rings. The van der Waals surface area contributed by atoms with Crippen LogP contribution in [0.2, 0.25) is 0 Å². The number of rotatable bonds is 5. The Morgan fingerprint density at radius 3 is 2.58 bits per heavy atom. The Labute approximate surface area is 192 Å². The van der Waals surface area contributed by atoms with Crippen LogP contribution < -0.4 is 16.6 Å². The fourth-order valence-electron chi connectivity index (χ4n) is 4.32. The lowest BCUT2D eigenvalue weighted by Gasteiger charge is -2.13. The van der Waals surface area contributed by atoms with Crippen molar-refractivity contribution >= 4 is 22.6 Å². The van der Waals surface area contributed by atoms with Crippen LogP contribution in [-0.2, 0) is 13.6 Å². The summed E-state index contributed by atoms with van der Waals surface area (Å²) in [5.41, 5.74) is 12.1. The second kappa shape index (κ2) is 8.58. The number of H-pyrrole nitrogens is 1. The van der Waals surface area contributed by atoms with Crippen molar-refractivity contribution in [1.29, 1.82) is 0 Å². The van der Waals surface area contributed by atoms with Crippen LogP contribution in [0.1, 0.15) is 52.5 Å². The predicted octanol–water partition coefficient (Wildman–Crippen LogP) is 4.18. The third-order valence-corrected chi connectivity index (χ3v) is 6.01. The number of nitrogens with two attached hydrogens (primary N) is 1. The van der Waals surface area contributed by atoms with Crippen molar-refractivity contribution in [3.8, 4) is 11.1 Å². The molecular weight excluding hydrogens is 414 g/mol. The maximum absolute atomic E-state index is 13.4. The van der Waals surface area contributed by atoms with Gasteiger partial charge < -0.3 is 20.6 Å². The minimum absolute atomic E-state index is 0.150. The van der Waals surface area contributed by atoms with Crippen molar-refractivity contribution < 1.29 is 4.79 Å². The third kappa shape index (κ3) is 4.26. The normalized spacial score (nSPS) is 11.3. The number of hydrogen-bond donors (Lipinski definition) is 3. The molecule has 0 aliphatic carbocycles. The molecule has 7 heteroatoms. The summed E-state index contributed by atoms with van der Waals surface area (Å²) < 4.78 is 1.99. The van der Waals surface area contributed by atoms with E-state index < -0.39 is 0 Å². The van der Waals surface area contributed by atoms with Crippen LogP contribution in [0.5, 0.6) is 0 Å². The van der Waals surface area contributed by atoms with Gasteiger partial charge in [0.05, 0.1) is 11.1 Å². The summed E-state index contributed by atoms with van der Waals surface area (Å²) in [6.45, 7) is 8.14. The standard InChI is InChI=1S/C26H29N5O2/c1-14(2)22-13-31(5)24-19(22)9-18(17-6-7-23(27)28-11-17)10-20(24)25(32)29-12-21-15(3)8-16(4)30-26(21)33/h6-11,13-14H,12H2,1-5H3,(H2,27,28)(H,29,32)(H,30,33). The van der Waals surface area contributed by atoms with E-state index in [-0.39, 0.29) is 23.9 Å². The smallest absolute Gasteiger partial charge is 0.253 e. The summed E-state index contributed by atoms with van der Waals surface area (Å²) >= 11 is 0. The molecule has 33 heavy (non-hydrogen) atoms. The Kier molecular flexibility index (Phi) is 5.80. The van der Waals surface area contributed by atoms with Crippen LogP contribution in [0.25, 0.3) is 22.0 Å². The topological polar surface area (TPSA) is 106 Å². The van der Waals surface area contributed by atoms with E-state index in [0.717, 1.165) is 38.9 Å². The number of aromatic amines is 1. The van der Waals surface area contributed by atoms with E-state index in [1.54, 1.807) is 12.3 Å². The van der Waals surface area contributed by atoms with Crippen LogP contribution in [-0.4, -0.2) is 20.4 Å². The summed E-state index contributed by atoms with van der Waals surface area (Å²) in [5.74, 6) is 0.498. The number of fused-ring (bicyclic) bond motifs is 1. The van der Waals surface area contributed by atoms with Crippen LogP contribution >= 0.6 is 0 Å². The highest BCUT2D eigenvalue weighted by molar-refractivity contribution is 6.08. The second-order valence-electron chi connectivity index (χ2n) is 8.87. The highest BCUT2D eigenvalue weighted by Gasteiger charge is 2.20. The van der Waals surface area contributed by atoms with Crippen LogP contribution in [0.3, 0.4) is 0 Å². The van der Waals surface area contributed by atoms with E-state index in [1.807, 2.05) is 43.7 Å². The van der Waals surface area contributed by atoms with Gasteiger partial charge in [0, 0.05) is 48.2 Å². The van der Waals surface area contributed by atoms with E-state index in [4.69, 9.17) is 5.73 Å². The molecule has 1 aromatic carbocycles. The van der Waals surface area contributed by atoms with Gasteiger partial charge in [-0.3, -0.25) is 9.59 Å². The van der Waals surface area contributed by atoms with Crippen LogP contribution in [0.15, 0.2) is 47.5 Å². The molecule has 0 unspecified atom stereocenters. The molecule has 1 amide bonds. The quantitative estimate of drug-likeness (QED) is 0.430. The first kappa shape index (κ1) is 22.3. The van der Waals surface area contributed by atoms with Gasteiger partial charge in [0.25, 0.3) is 11.5 Å². The molecule has 0 saturated heterocycles. The minimum Gasteiger partial charge on any atom is -0.384 e. The van der Waals surface area contributed by atoms with Gasteiger partial charge in [-0.15, -0.1) is 0 Å². The summed E-state index contributed by atoms with van der Waals surface area (Å²) in [4.78, 5) is 32.8. The highest BCUT2D eigenvalue weighted by Crippen LogP contribution is 2.34. The summed E-state index contributed by atoms with van der Waals surface area (Å²) in [5, 5.41) is 3.98. The lowest BCUT2D eigenvalue weighted by Crippen LogP contribution is -2.28. The van der Waals surface area contributed by atoms with Crippen molar-refractivity contribution in [3.63, 3.8) is 0 Å². The summed E-state index contributed by atoms with van der Waals surface area (Å²) in [7, 11) is 1.95. The highest BCUT2D eigenvalue weighted by atomic mass is 16.1. The Balaban J connectivity index is 1.80. The Bertz CT molecular complexity index is 1410. The van der Waals surface area contributed by atoms with Crippen LogP contribution in [0.4, 0.5) is 5.82 Å². The number of aromatic nitrogens is 3. The number of nitrogen functional groups attached to an aromatic ring is 1. The molecular formula is C26H29N5O2. The maximum atomic E-state index is 13.4. The summed E-state index contributed by atoms with van der Waals surface area (Å²) in [6.07, 6.45) is 3.79. The monoisotopic (exact) mass is 443 g/mol. The van der Waals surface area contributed by atoms with Gasteiger partial charge in [-0.2, -0.15) is 0 Å². The van der Waals surface area contributed by atoms with E-state index >= 15 is 0 Å². The zero-order valence-corrected chi connectivity index (χ0v) is 19.6. The number of pyridine rings is 2. The molecule has 0 aliphatic heterocycles. The van der Waals surface area contributed by atoms with Crippen molar-refractivity contribution in [2.75, 3.05) is 5.73 Å². The molecule has 0 saturated carbocycles. The molecule has 0 fully saturated rings. The Morgan fingerprint density at radius 1 is 1.18 bits per heavy atom. The molecule has 0 spiro atoms. The first-order valence-corrected chi connectivity index (χ1v) is 11.0. The van der Waals surface area contributed by atoms with Gasteiger partial charge in [-0.25, -0.2) is 4.98 Å². The number of carbonyl (C=O) groups excluding carboxylic acids is 1. The first-order valence-electron chi connectivity index (χ1n) is 11.0. The van der Waals surface area contributed by atoms with Gasteiger partial charge >= 0.3 is 0 Å². The largest absolute Gasteiger partial charge is 0.384 e. The molecule has 170 valence electrons. The number of aryl methyl sites for hydroxylation is 3. The summed E-state index contributed by atoms with van der Waals surface area (Å²) in [6, 6.07) is 9.53. The molecule has 7 nitrogen and oxygen atoms in total. The Morgan fingerprint density at radius 2 is 1.94 bits per heavy atom. The molecule has 3 heterocycles. The van der Waals surface area contributed by atoms with Crippen molar-refractivity contribution in [2.24, 2.45) is 7.05 Å². The van der Waals surface area contributed by atoms with Crippen LogP contribution in [0, 0.1) is 13.8 Å². The van der Waals surface area contributed by atoms with Crippen molar-refractivity contribution in [3.05, 3.63) is 81.0 Å². The fraction of sp³-hybridized carbons (Fsp3) is 0.269. The molecule has 4 rings (SSSR count). The molecule has 0 radical (unpaired) electrons. The van der Waals surface area contributed by atoms with E-state index in [2.05, 4.69) is 41.4 Å². The Hall–Kier alpha value is -3.87. The predicted molar refractivity (Wildman–Crippen MR) is 132 cm³/mol. The average molecular weight is 444 g/mol. The molecule has 0 atom stereocenters. The first-order chi connectivity index (χ1) is 15.7. The lowest BCUT2D eigenvalue weighted by molar-refractivity contribution is 0.0952. The van der Waals surface area contributed by atoms with E-state index in [0.29, 0.717) is 16.9 Å². The zero-order valence-electron chi connectivity index (χ0n) is 19.6. The molecule has 0 aliphatic rings. The maximum Gasteiger partial charge on any atom is 0.253 e. The van der Waals surface area contributed by atoms with Gasteiger partial charge in [-0.1, -0.05) is 13.8 Å². The van der Waals surface area contributed by atoms with Crippen molar-refractivity contribution in [1.82, 2.24) is 19.9 Å². The minimum atomic E-state index is -0.235. The second-order valence-corrected chi connectivity index (χ2v) is 8.87. The number of nitrogens with one attached hydrogen (secondary N) is 2. The number of carbonyl (C=O) groups is 1. The van der Waals surface area contributed by atoms with E-state index in [1.165, 1.54) is 0 Å². The fourth-order valence-corrected chi connectivity index (χ4v) is 4.32. The average Bonchev–Trinajstić information content (AvgIpc) is 3.09. The van der Waals surface area contributed by atoms with Gasteiger partial charge in [0.15, 0.2) is 0 Å². The molecule has 4 N–H and O–H groups in total. The third-order valence-electron chi connectivity index (χ3n) is 6.01. The molecule has 0 bridgehead atoms. The number of benzene rings is 1. The number of anilines is 1. The number of nitrogens with zero attached hydrogens (tertiary/aromatic N) is 2. The van der Waals surface area contributed by atoms with Crippen molar-refractivity contribution in [2.45, 2.75) is 40.2 Å². The number of hydrogen-bond acceptors (Lipinski definition) is 4.